The van der Waals surface area contributed by atoms with Crippen LogP contribution >= 0.6 is 0 Å². The predicted octanol–water partition coefficient (Wildman–Crippen LogP) is 3.14. The number of aliphatic imine (C=N–C) groups is 1. The van der Waals surface area contributed by atoms with E-state index in [-0.39, 0.29) is 5.91 Å². The van der Waals surface area contributed by atoms with Gasteiger partial charge in [0.05, 0.1) is 0 Å². The van der Waals surface area contributed by atoms with Crippen molar-refractivity contribution in [2.75, 3.05) is 26.7 Å². The highest BCUT2D eigenvalue weighted by atomic mass is 16.2. The summed E-state index contributed by atoms with van der Waals surface area (Å²) >= 11 is 0. The summed E-state index contributed by atoms with van der Waals surface area (Å²) in [6, 6.07) is 19.7. The highest BCUT2D eigenvalue weighted by Gasteiger charge is 2.24. The van der Waals surface area contributed by atoms with Gasteiger partial charge in [0.2, 0.25) is 5.91 Å². The molecule has 2 N–H and O–H groups in total. The van der Waals surface area contributed by atoms with Crippen molar-refractivity contribution >= 4 is 11.9 Å². The Kier molecular flexibility index (Phi) is 7.77. The minimum absolute atomic E-state index is 0.270. The summed E-state index contributed by atoms with van der Waals surface area (Å²) in [4.78, 5) is 20.8. The maximum Gasteiger partial charge on any atom is 0.222 e. The summed E-state index contributed by atoms with van der Waals surface area (Å²) in [6.45, 7) is 5.34. The fourth-order valence-corrected chi connectivity index (χ4v) is 4.70. The topological polar surface area (TPSA) is 60.0 Å². The molecule has 32 heavy (non-hydrogen) atoms. The van der Waals surface area contributed by atoms with E-state index in [2.05, 4.69) is 75.1 Å². The summed E-state index contributed by atoms with van der Waals surface area (Å²) in [5, 5.41) is 6.96. The molecule has 0 radical (unpaired) electrons. The van der Waals surface area contributed by atoms with E-state index < -0.39 is 0 Å². The summed E-state index contributed by atoms with van der Waals surface area (Å²) in [6.07, 6.45) is 4.13. The first-order chi connectivity index (χ1) is 15.7. The second-order valence-corrected chi connectivity index (χ2v) is 8.80. The molecule has 2 aliphatic heterocycles. The first-order valence-corrected chi connectivity index (χ1v) is 11.8. The Morgan fingerprint density at radius 2 is 1.78 bits per heavy atom. The van der Waals surface area contributed by atoms with E-state index in [1.54, 1.807) is 0 Å². The average Bonchev–Trinajstić information content (AvgIpc) is 3.43. The number of amides is 1. The third-order valence-electron chi connectivity index (χ3n) is 6.45. The first kappa shape index (κ1) is 22.3. The van der Waals surface area contributed by atoms with Crippen molar-refractivity contribution in [1.29, 1.82) is 0 Å². The summed E-state index contributed by atoms with van der Waals surface area (Å²) in [5.41, 5.74) is 3.76. The molecular weight excluding hydrogens is 398 g/mol. The van der Waals surface area contributed by atoms with E-state index in [4.69, 9.17) is 0 Å². The van der Waals surface area contributed by atoms with Gasteiger partial charge in [-0.25, -0.2) is 0 Å². The smallest absolute Gasteiger partial charge is 0.222 e. The van der Waals surface area contributed by atoms with Crippen LogP contribution in [0.15, 0.2) is 59.6 Å². The predicted molar refractivity (Wildman–Crippen MR) is 129 cm³/mol. The number of hydrogen-bond donors (Lipinski definition) is 2. The molecule has 0 aliphatic carbocycles. The van der Waals surface area contributed by atoms with Gasteiger partial charge in [-0.1, -0.05) is 54.6 Å². The highest BCUT2D eigenvalue weighted by Crippen LogP contribution is 2.19. The SMILES string of the molecule is CN=C(NCc1cccc(CN2CCCC2=O)c1)NCC1CCCN1Cc1ccccc1. The minimum atomic E-state index is 0.270. The van der Waals surface area contributed by atoms with Crippen LogP contribution in [0.5, 0.6) is 0 Å². The molecule has 2 fully saturated rings. The number of carbonyl (C=O) groups excluding carboxylic acids is 1. The Bertz CT molecular complexity index is 913. The zero-order valence-electron chi connectivity index (χ0n) is 19.1. The van der Waals surface area contributed by atoms with E-state index in [0.29, 0.717) is 25.6 Å². The molecule has 2 aromatic carbocycles. The zero-order chi connectivity index (χ0) is 22.2. The lowest BCUT2D eigenvalue weighted by atomic mass is 10.1. The van der Waals surface area contributed by atoms with Gasteiger partial charge in [-0.15, -0.1) is 0 Å². The molecule has 170 valence electrons. The second-order valence-electron chi connectivity index (χ2n) is 8.80. The minimum Gasteiger partial charge on any atom is -0.355 e. The molecule has 2 aromatic rings. The Labute approximate surface area is 191 Å². The summed E-state index contributed by atoms with van der Waals surface area (Å²) in [5.74, 6) is 1.10. The first-order valence-electron chi connectivity index (χ1n) is 11.8. The molecule has 2 aliphatic rings. The third kappa shape index (κ3) is 6.10. The van der Waals surface area contributed by atoms with Gasteiger partial charge in [-0.2, -0.15) is 0 Å². The lowest BCUT2D eigenvalue weighted by Crippen LogP contribution is -2.44. The number of benzene rings is 2. The van der Waals surface area contributed by atoms with Crippen LogP contribution in [0.4, 0.5) is 0 Å². The van der Waals surface area contributed by atoms with E-state index in [1.165, 1.54) is 29.5 Å². The van der Waals surface area contributed by atoms with Crippen LogP contribution in [-0.4, -0.2) is 54.4 Å². The average molecular weight is 434 g/mol. The number of nitrogens with one attached hydrogen (secondary N) is 2. The highest BCUT2D eigenvalue weighted by molar-refractivity contribution is 5.79. The van der Waals surface area contributed by atoms with E-state index in [0.717, 1.165) is 38.6 Å². The standard InChI is InChI=1S/C26H35N5O/c1-27-26(29-18-24-12-6-14-30(24)19-21-8-3-2-4-9-21)28-17-22-10-5-11-23(16-22)20-31-15-7-13-25(31)32/h2-5,8-11,16,24H,6-7,12-15,17-20H2,1H3,(H2,27,28,29). The molecule has 2 heterocycles. The monoisotopic (exact) mass is 433 g/mol. The molecule has 0 aromatic heterocycles. The number of likely N-dealkylation sites (tertiary alicyclic amines) is 2. The number of carbonyl (C=O) groups is 1. The zero-order valence-corrected chi connectivity index (χ0v) is 19.1. The van der Waals surface area contributed by atoms with Gasteiger partial charge in [-0.05, 0) is 42.5 Å². The third-order valence-corrected chi connectivity index (χ3v) is 6.45. The summed E-state index contributed by atoms with van der Waals surface area (Å²) < 4.78 is 0. The van der Waals surface area contributed by atoms with Gasteiger partial charge in [0, 0.05) is 52.2 Å². The fraction of sp³-hybridized carbons (Fsp3) is 0.462. The molecule has 1 atom stereocenters. The Hall–Kier alpha value is -2.86. The van der Waals surface area contributed by atoms with Gasteiger partial charge in [0.25, 0.3) is 0 Å². The van der Waals surface area contributed by atoms with Gasteiger partial charge in [0.15, 0.2) is 5.96 Å². The van der Waals surface area contributed by atoms with Crippen LogP contribution in [0.2, 0.25) is 0 Å². The summed E-state index contributed by atoms with van der Waals surface area (Å²) in [7, 11) is 1.82. The fourth-order valence-electron chi connectivity index (χ4n) is 4.70. The largest absolute Gasteiger partial charge is 0.355 e. The van der Waals surface area contributed by atoms with Crippen molar-refractivity contribution in [2.45, 2.75) is 51.4 Å². The van der Waals surface area contributed by atoms with Crippen LogP contribution in [0.3, 0.4) is 0 Å². The molecule has 4 rings (SSSR count). The molecule has 1 amide bonds. The molecule has 6 heteroatoms. The Morgan fingerprint density at radius 3 is 2.56 bits per heavy atom. The van der Waals surface area contributed by atoms with Crippen LogP contribution in [0, 0.1) is 0 Å². The second kappa shape index (κ2) is 11.1. The number of guanidine groups is 1. The normalized spacial score (nSPS) is 19.5. The lowest BCUT2D eigenvalue weighted by molar-refractivity contribution is -0.128. The Balaban J connectivity index is 1.25. The van der Waals surface area contributed by atoms with E-state index in [1.807, 2.05) is 11.9 Å². The van der Waals surface area contributed by atoms with Crippen LogP contribution in [0.25, 0.3) is 0 Å². The molecule has 6 nitrogen and oxygen atoms in total. The van der Waals surface area contributed by atoms with Crippen molar-refractivity contribution in [1.82, 2.24) is 20.4 Å². The van der Waals surface area contributed by atoms with Crippen molar-refractivity contribution in [3.05, 3.63) is 71.3 Å². The maximum atomic E-state index is 11.9. The van der Waals surface area contributed by atoms with Crippen molar-refractivity contribution in [2.24, 2.45) is 4.99 Å². The van der Waals surface area contributed by atoms with Crippen LogP contribution in [0.1, 0.15) is 42.4 Å². The quantitative estimate of drug-likeness (QED) is 0.496. The number of nitrogens with zero attached hydrogens (tertiary/aromatic N) is 3. The van der Waals surface area contributed by atoms with Gasteiger partial charge >= 0.3 is 0 Å². The van der Waals surface area contributed by atoms with Crippen molar-refractivity contribution < 1.29 is 4.79 Å². The number of rotatable bonds is 8. The van der Waals surface area contributed by atoms with E-state index in [9.17, 15) is 4.79 Å². The molecular formula is C26H35N5O. The number of hydrogen-bond acceptors (Lipinski definition) is 3. The molecule has 0 bridgehead atoms. The molecule has 0 spiro atoms. The van der Waals surface area contributed by atoms with Crippen molar-refractivity contribution in [3.63, 3.8) is 0 Å². The van der Waals surface area contributed by atoms with Crippen LogP contribution < -0.4 is 10.6 Å². The Morgan fingerprint density at radius 1 is 0.969 bits per heavy atom. The lowest BCUT2D eigenvalue weighted by Gasteiger charge is -2.25. The van der Waals surface area contributed by atoms with Gasteiger partial charge in [0.1, 0.15) is 0 Å². The molecule has 2 saturated heterocycles. The van der Waals surface area contributed by atoms with Gasteiger partial charge in [-0.3, -0.25) is 14.7 Å². The molecule has 1 unspecified atom stereocenters. The van der Waals surface area contributed by atoms with Crippen molar-refractivity contribution in [3.8, 4) is 0 Å². The molecule has 0 saturated carbocycles. The maximum absolute atomic E-state index is 11.9. The van der Waals surface area contributed by atoms with Crippen LogP contribution in [-0.2, 0) is 24.4 Å². The van der Waals surface area contributed by atoms with Gasteiger partial charge < -0.3 is 15.5 Å². The van der Waals surface area contributed by atoms with E-state index >= 15 is 0 Å².